The number of nitrogens with zero attached hydrogens (tertiary/aromatic N) is 3. The molecule has 2 aromatic carbocycles. The van der Waals surface area contributed by atoms with Crippen LogP contribution in [0.5, 0.6) is 0 Å². The van der Waals surface area contributed by atoms with E-state index >= 15 is 0 Å². The maximum atomic E-state index is 12.7. The Labute approximate surface area is 202 Å². The molecule has 1 aliphatic heterocycles. The van der Waals surface area contributed by atoms with Gasteiger partial charge in [0.15, 0.2) is 0 Å². The SMILES string of the molecule is CN(CC(=O)Nc1ccc(CN2CCOCC2)cc1)c1c(N)n(Cc2ccccc2)c(=O)[nH]c1=O. The Bertz CT molecular complexity index is 1260. The molecule has 10 heteroatoms. The predicted octanol–water partition coefficient (Wildman–Crippen LogP) is 1.07. The molecule has 35 heavy (non-hydrogen) atoms. The van der Waals surface area contributed by atoms with Crippen LogP contribution in [-0.4, -0.2) is 60.3 Å². The predicted molar refractivity (Wildman–Crippen MR) is 136 cm³/mol. The Hall–Kier alpha value is -3.89. The zero-order chi connectivity index (χ0) is 24.8. The molecule has 10 nitrogen and oxygen atoms in total. The van der Waals surface area contributed by atoms with Crippen LogP contribution in [0.4, 0.5) is 17.2 Å². The van der Waals surface area contributed by atoms with Crippen molar-refractivity contribution in [3.05, 3.63) is 86.6 Å². The molecular formula is C25H30N6O4. The summed E-state index contributed by atoms with van der Waals surface area (Å²) in [6, 6.07) is 17.0. The number of nitrogens with two attached hydrogens (primary N) is 1. The number of morpholine rings is 1. The number of benzene rings is 2. The summed E-state index contributed by atoms with van der Waals surface area (Å²) in [5.74, 6) is -0.307. The molecule has 4 rings (SSSR count). The van der Waals surface area contributed by atoms with E-state index in [0.29, 0.717) is 5.69 Å². The van der Waals surface area contributed by atoms with E-state index in [1.165, 1.54) is 9.47 Å². The Morgan fingerprint density at radius 2 is 1.69 bits per heavy atom. The summed E-state index contributed by atoms with van der Waals surface area (Å²) < 4.78 is 6.66. The van der Waals surface area contributed by atoms with Gasteiger partial charge in [-0.05, 0) is 23.3 Å². The van der Waals surface area contributed by atoms with Crippen LogP contribution in [-0.2, 0) is 22.6 Å². The summed E-state index contributed by atoms with van der Waals surface area (Å²) >= 11 is 0. The van der Waals surface area contributed by atoms with Gasteiger partial charge < -0.3 is 20.7 Å². The molecule has 4 N–H and O–H groups in total. The number of likely N-dealkylation sites (N-methyl/N-ethyl adjacent to an activating group) is 1. The molecule has 1 aromatic heterocycles. The molecule has 1 aliphatic rings. The number of carbonyl (C=O) groups excluding carboxylic acids is 1. The molecule has 184 valence electrons. The second-order valence-corrected chi connectivity index (χ2v) is 8.55. The summed E-state index contributed by atoms with van der Waals surface area (Å²) in [5, 5.41) is 2.84. The van der Waals surface area contributed by atoms with Crippen molar-refractivity contribution in [2.75, 3.05) is 55.8 Å². The van der Waals surface area contributed by atoms with Crippen LogP contribution < -0.4 is 27.2 Å². The Morgan fingerprint density at radius 1 is 1.03 bits per heavy atom. The molecule has 0 unspecified atom stereocenters. The van der Waals surface area contributed by atoms with Gasteiger partial charge in [-0.1, -0.05) is 42.5 Å². The minimum atomic E-state index is -0.639. The van der Waals surface area contributed by atoms with Gasteiger partial charge in [-0.3, -0.25) is 24.0 Å². The molecule has 1 amide bonds. The second kappa shape index (κ2) is 11.0. The monoisotopic (exact) mass is 478 g/mol. The van der Waals surface area contributed by atoms with Crippen LogP contribution in [0.2, 0.25) is 0 Å². The molecule has 0 atom stereocenters. The van der Waals surface area contributed by atoms with Gasteiger partial charge in [0.1, 0.15) is 11.5 Å². The molecule has 2 heterocycles. The fourth-order valence-electron chi connectivity index (χ4n) is 4.08. The number of hydrogen-bond donors (Lipinski definition) is 3. The Morgan fingerprint density at radius 3 is 2.37 bits per heavy atom. The maximum Gasteiger partial charge on any atom is 0.330 e. The molecular weight excluding hydrogens is 448 g/mol. The number of nitrogen functional groups attached to an aromatic ring is 1. The largest absolute Gasteiger partial charge is 0.383 e. The summed E-state index contributed by atoms with van der Waals surface area (Å²) in [6.45, 7) is 4.23. The summed E-state index contributed by atoms with van der Waals surface area (Å²) in [7, 11) is 1.59. The Kier molecular flexibility index (Phi) is 7.64. The van der Waals surface area contributed by atoms with Crippen LogP contribution in [0.25, 0.3) is 0 Å². The zero-order valence-electron chi connectivity index (χ0n) is 19.7. The number of aromatic nitrogens is 2. The van der Waals surface area contributed by atoms with Crippen molar-refractivity contribution in [1.82, 2.24) is 14.5 Å². The van der Waals surface area contributed by atoms with Crippen molar-refractivity contribution in [2.24, 2.45) is 0 Å². The molecule has 0 spiro atoms. The topological polar surface area (TPSA) is 126 Å². The van der Waals surface area contributed by atoms with E-state index in [-0.39, 0.29) is 30.5 Å². The number of carbonyl (C=O) groups is 1. The van der Waals surface area contributed by atoms with Crippen molar-refractivity contribution < 1.29 is 9.53 Å². The quantitative estimate of drug-likeness (QED) is 0.442. The highest BCUT2D eigenvalue weighted by atomic mass is 16.5. The first-order valence-electron chi connectivity index (χ1n) is 11.5. The number of aromatic amines is 1. The van der Waals surface area contributed by atoms with Gasteiger partial charge in [0.05, 0.1) is 26.3 Å². The van der Waals surface area contributed by atoms with E-state index in [1.54, 1.807) is 7.05 Å². The standard InChI is InChI=1S/C25H30N6O4/c1-29(22-23(26)31(25(34)28-24(22)33)16-18-5-3-2-4-6-18)17-21(32)27-20-9-7-19(8-10-20)15-30-11-13-35-14-12-30/h2-10H,11-17,26H2,1H3,(H,27,32)(H,28,33,34). The number of amides is 1. The minimum absolute atomic E-state index is 0.00497. The van der Waals surface area contributed by atoms with Crippen LogP contribution in [0.3, 0.4) is 0 Å². The van der Waals surface area contributed by atoms with Gasteiger partial charge in [0.25, 0.3) is 5.56 Å². The van der Waals surface area contributed by atoms with E-state index < -0.39 is 11.2 Å². The van der Waals surface area contributed by atoms with E-state index in [0.717, 1.165) is 44.0 Å². The number of anilines is 3. The highest BCUT2D eigenvalue weighted by molar-refractivity contribution is 5.94. The number of H-pyrrole nitrogens is 1. The highest BCUT2D eigenvalue weighted by Gasteiger charge is 2.19. The third kappa shape index (κ3) is 6.17. The van der Waals surface area contributed by atoms with E-state index in [1.807, 2.05) is 54.6 Å². The first-order chi connectivity index (χ1) is 16.9. The smallest absolute Gasteiger partial charge is 0.330 e. The Balaban J connectivity index is 1.41. The summed E-state index contributed by atoms with van der Waals surface area (Å²) in [4.78, 5) is 43.6. The van der Waals surface area contributed by atoms with E-state index in [2.05, 4.69) is 15.2 Å². The number of hydrogen-bond acceptors (Lipinski definition) is 7. The van der Waals surface area contributed by atoms with E-state index in [4.69, 9.17) is 10.5 Å². The first-order valence-corrected chi connectivity index (χ1v) is 11.5. The van der Waals surface area contributed by atoms with Gasteiger partial charge in [-0.15, -0.1) is 0 Å². The molecule has 0 radical (unpaired) electrons. The molecule has 1 fully saturated rings. The lowest BCUT2D eigenvalue weighted by molar-refractivity contribution is -0.114. The van der Waals surface area contributed by atoms with Crippen LogP contribution in [0, 0.1) is 0 Å². The lowest BCUT2D eigenvalue weighted by Gasteiger charge is -2.26. The van der Waals surface area contributed by atoms with Crippen LogP contribution >= 0.6 is 0 Å². The molecule has 3 aromatic rings. The van der Waals surface area contributed by atoms with Crippen molar-refractivity contribution in [1.29, 1.82) is 0 Å². The molecule has 0 bridgehead atoms. The first kappa shape index (κ1) is 24.2. The summed E-state index contributed by atoms with van der Waals surface area (Å²) in [5.41, 5.74) is 7.71. The molecule has 0 aliphatic carbocycles. The fraction of sp³-hybridized carbons (Fsp3) is 0.320. The number of nitrogens with one attached hydrogen (secondary N) is 2. The third-order valence-electron chi connectivity index (χ3n) is 5.91. The van der Waals surface area contributed by atoms with E-state index in [9.17, 15) is 14.4 Å². The van der Waals surface area contributed by atoms with Gasteiger partial charge in [0, 0.05) is 32.4 Å². The van der Waals surface area contributed by atoms with Crippen molar-refractivity contribution in [2.45, 2.75) is 13.1 Å². The van der Waals surface area contributed by atoms with Crippen LogP contribution in [0.1, 0.15) is 11.1 Å². The molecule has 1 saturated heterocycles. The van der Waals surface area contributed by atoms with Gasteiger partial charge in [0.2, 0.25) is 5.91 Å². The van der Waals surface area contributed by atoms with Gasteiger partial charge in [-0.25, -0.2) is 4.79 Å². The highest BCUT2D eigenvalue weighted by Crippen LogP contribution is 2.17. The zero-order valence-corrected chi connectivity index (χ0v) is 19.7. The third-order valence-corrected chi connectivity index (χ3v) is 5.91. The van der Waals surface area contributed by atoms with Gasteiger partial charge in [-0.2, -0.15) is 0 Å². The second-order valence-electron chi connectivity index (χ2n) is 8.55. The number of ether oxygens (including phenoxy) is 1. The van der Waals surface area contributed by atoms with Crippen LogP contribution in [0.15, 0.2) is 64.2 Å². The van der Waals surface area contributed by atoms with Crippen molar-refractivity contribution in [3.8, 4) is 0 Å². The lowest BCUT2D eigenvalue weighted by Crippen LogP contribution is -2.39. The van der Waals surface area contributed by atoms with Crippen molar-refractivity contribution >= 4 is 23.1 Å². The molecule has 0 saturated carbocycles. The normalized spacial score (nSPS) is 14.0. The maximum absolute atomic E-state index is 12.7. The minimum Gasteiger partial charge on any atom is -0.383 e. The van der Waals surface area contributed by atoms with Gasteiger partial charge >= 0.3 is 5.69 Å². The lowest BCUT2D eigenvalue weighted by atomic mass is 10.2. The van der Waals surface area contributed by atoms with Crippen molar-refractivity contribution in [3.63, 3.8) is 0 Å². The fourth-order valence-corrected chi connectivity index (χ4v) is 4.08. The summed E-state index contributed by atoms with van der Waals surface area (Å²) in [6.07, 6.45) is 0. The number of rotatable bonds is 8. The average molecular weight is 479 g/mol. The average Bonchev–Trinajstić information content (AvgIpc) is 2.84.